The first-order valence-corrected chi connectivity index (χ1v) is 11.0. The largest absolute Gasteiger partial charge is 0.460 e. The smallest absolute Gasteiger partial charge is 0.248 e. The highest BCUT2D eigenvalue weighted by Crippen LogP contribution is 2.41. The van der Waals surface area contributed by atoms with Crippen molar-refractivity contribution in [3.8, 4) is 5.75 Å². The summed E-state index contributed by atoms with van der Waals surface area (Å²) in [5, 5.41) is 4.22. The van der Waals surface area contributed by atoms with Gasteiger partial charge in [-0.25, -0.2) is 18.6 Å². The number of allylic oxidation sites excluding steroid dienone is 3. The fourth-order valence-corrected chi connectivity index (χ4v) is 4.90. The summed E-state index contributed by atoms with van der Waals surface area (Å²) in [5.74, 6) is 0.157. The van der Waals surface area contributed by atoms with Crippen LogP contribution in [0.3, 0.4) is 0 Å². The van der Waals surface area contributed by atoms with Crippen LogP contribution in [0.25, 0.3) is 0 Å². The maximum Gasteiger partial charge on any atom is 0.248 e. The number of carbonyl (C=O) groups excluding carboxylic acids is 1. The van der Waals surface area contributed by atoms with Gasteiger partial charge in [-0.05, 0) is 48.4 Å². The Morgan fingerprint density at radius 3 is 2.83 bits per heavy atom. The van der Waals surface area contributed by atoms with E-state index in [1.807, 2.05) is 18.2 Å². The molecule has 2 atom stereocenters. The van der Waals surface area contributed by atoms with E-state index in [2.05, 4.69) is 20.2 Å². The Balaban J connectivity index is 1.42. The number of amides is 1. The van der Waals surface area contributed by atoms with Gasteiger partial charge >= 0.3 is 0 Å². The quantitative estimate of drug-likeness (QED) is 0.759. The van der Waals surface area contributed by atoms with Gasteiger partial charge in [0.25, 0.3) is 0 Å². The molecule has 0 radical (unpaired) electrons. The lowest BCUT2D eigenvalue weighted by molar-refractivity contribution is -0.124. The minimum atomic E-state index is -3.72. The normalized spacial score (nSPS) is 21.5. The molecular formula is C21H18N4O4S. The minimum Gasteiger partial charge on any atom is -0.460 e. The van der Waals surface area contributed by atoms with Gasteiger partial charge in [0.2, 0.25) is 15.9 Å². The van der Waals surface area contributed by atoms with Crippen molar-refractivity contribution in [2.75, 3.05) is 6.54 Å². The van der Waals surface area contributed by atoms with E-state index in [1.165, 1.54) is 6.07 Å². The Morgan fingerprint density at radius 2 is 2.00 bits per heavy atom. The average Bonchev–Trinajstić information content (AvgIpc) is 2.76. The van der Waals surface area contributed by atoms with E-state index in [0.29, 0.717) is 29.2 Å². The first-order valence-electron chi connectivity index (χ1n) is 9.49. The van der Waals surface area contributed by atoms with Crippen LogP contribution in [-0.2, 0) is 21.2 Å². The predicted molar refractivity (Wildman–Crippen MR) is 109 cm³/mol. The second-order valence-corrected chi connectivity index (χ2v) is 8.96. The number of ether oxygens (including phenoxy) is 1. The molecule has 1 aromatic carbocycles. The van der Waals surface area contributed by atoms with Crippen molar-refractivity contribution in [2.45, 2.75) is 11.3 Å². The van der Waals surface area contributed by atoms with Crippen LogP contribution in [0, 0.1) is 11.8 Å². The monoisotopic (exact) mass is 422 g/mol. The predicted octanol–water partition coefficient (Wildman–Crippen LogP) is 1.51. The molecule has 0 spiro atoms. The molecule has 2 N–H and O–H groups in total. The number of aromatic nitrogens is 1. The molecule has 1 aromatic heterocycles. The van der Waals surface area contributed by atoms with Crippen LogP contribution in [-0.4, -0.2) is 31.6 Å². The van der Waals surface area contributed by atoms with E-state index >= 15 is 0 Å². The molecule has 2 aliphatic heterocycles. The number of hydrogen-bond acceptors (Lipinski definition) is 6. The van der Waals surface area contributed by atoms with Gasteiger partial charge in [-0.2, -0.15) is 5.10 Å². The molecule has 3 heterocycles. The summed E-state index contributed by atoms with van der Waals surface area (Å²) in [6.07, 6.45) is 9.30. The van der Waals surface area contributed by atoms with E-state index < -0.39 is 15.9 Å². The van der Waals surface area contributed by atoms with Crippen LogP contribution >= 0.6 is 0 Å². The maximum atomic E-state index is 12.8. The fraction of sp³-hybridized carbons (Fsp3) is 0.190. The molecule has 0 saturated carbocycles. The number of sulfonamides is 1. The SMILES string of the molecule is O=C1NN=C2c3cc(S(=O)(=O)NCCc4ccncc4)ccc3OC3=CC=CC1C32. The Kier molecular flexibility index (Phi) is 4.48. The molecule has 2 aromatic rings. The fourth-order valence-electron chi connectivity index (χ4n) is 3.85. The second kappa shape index (κ2) is 7.19. The molecule has 5 rings (SSSR count). The average molecular weight is 422 g/mol. The lowest BCUT2D eigenvalue weighted by Gasteiger charge is -2.36. The van der Waals surface area contributed by atoms with Crippen molar-refractivity contribution in [2.24, 2.45) is 16.9 Å². The van der Waals surface area contributed by atoms with Crippen molar-refractivity contribution in [3.05, 3.63) is 77.8 Å². The molecule has 3 aliphatic rings. The Morgan fingerprint density at radius 1 is 1.17 bits per heavy atom. The lowest BCUT2D eigenvalue weighted by atomic mass is 9.78. The maximum absolute atomic E-state index is 12.8. The van der Waals surface area contributed by atoms with Crippen LogP contribution in [0.15, 0.2) is 76.7 Å². The number of benzene rings is 1. The molecule has 1 aliphatic carbocycles. The van der Waals surface area contributed by atoms with Gasteiger partial charge < -0.3 is 4.74 Å². The number of pyridine rings is 1. The van der Waals surface area contributed by atoms with Gasteiger partial charge in [-0.3, -0.25) is 9.78 Å². The zero-order chi connectivity index (χ0) is 20.7. The standard InChI is InChI=1S/C21H18N4O4S/c26-21-15-2-1-3-18-19(15)20(24-25-21)16-12-14(4-5-17(16)29-18)30(27,28)23-11-8-13-6-9-22-10-7-13/h1-7,9-10,12,15,19,23H,8,11H2,(H,25,26). The number of hydrogen-bond donors (Lipinski definition) is 2. The van der Waals surface area contributed by atoms with Crippen molar-refractivity contribution in [3.63, 3.8) is 0 Å². The van der Waals surface area contributed by atoms with E-state index in [0.717, 1.165) is 5.56 Å². The Bertz CT molecular complexity index is 1220. The van der Waals surface area contributed by atoms with Crippen LogP contribution in [0.4, 0.5) is 0 Å². The minimum absolute atomic E-state index is 0.120. The number of nitrogens with zero attached hydrogens (tertiary/aromatic N) is 2. The second-order valence-electron chi connectivity index (χ2n) is 7.19. The number of hydrazone groups is 1. The number of fused-ring (bicyclic) bond motifs is 2. The number of nitrogens with one attached hydrogen (secondary N) is 2. The van der Waals surface area contributed by atoms with E-state index in [4.69, 9.17) is 4.74 Å². The molecular weight excluding hydrogens is 404 g/mol. The van der Waals surface area contributed by atoms with Crippen LogP contribution in [0.2, 0.25) is 0 Å². The Labute approximate surface area is 173 Å². The van der Waals surface area contributed by atoms with E-state index in [-0.39, 0.29) is 23.3 Å². The zero-order valence-electron chi connectivity index (χ0n) is 15.8. The van der Waals surface area contributed by atoms with Gasteiger partial charge in [-0.1, -0.05) is 12.2 Å². The van der Waals surface area contributed by atoms with E-state index in [1.54, 1.807) is 36.7 Å². The summed E-state index contributed by atoms with van der Waals surface area (Å²) in [6, 6.07) is 8.37. The molecule has 0 saturated heterocycles. The van der Waals surface area contributed by atoms with Crippen LogP contribution in [0.5, 0.6) is 5.75 Å². The highest BCUT2D eigenvalue weighted by molar-refractivity contribution is 7.89. The molecule has 1 amide bonds. The summed E-state index contributed by atoms with van der Waals surface area (Å²) in [4.78, 5) is 16.2. The van der Waals surface area contributed by atoms with Crippen LogP contribution in [0.1, 0.15) is 11.1 Å². The van der Waals surface area contributed by atoms with Crippen molar-refractivity contribution >= 4 is 21.6 Å². The lowest BCUT2D eigenvalue weighted by Crippen LogP contribution is -2.45. The molecule has 30 heavy (non-hydrogen) atoms. The first-order chi connectivity index (χ1) is 14.5. The van der Waals surface area contributed by atoms with Crippen molar-refractivity contribution in [1.29, 1.82) is 0 Å². The van der Waals surface area contributed by atoms with Gasteiger partial charge in [0.15, 0.2) is 0 Å². The highest BCUT2D eigenvalue weighted by Gasteiger charge is 2.43. The summed E-state index contributed by atoms with van der Waals surface area (Å²) in [7, 11) is -3.72. The van der Waals surface area contributed by atoms with Crippen LogP contribution < -0.4 is 14.9 Å². The third kappa shape index (κ3) is 3.21. The highest BCUT2D eigenvalue weighted by atomic mass is 32.2. The molecule has 0 fully saturated rings. The molecule has 152 valence electrons. The number of carbonyl (C=O) groups is 1. The summed E-state index contributed by atoms with van der Waals surface area (Å²) in [5.41, 5.74) is 4.69. The topological polar surface area (TPSA) is 110 Å². The summed E-state index contributed by atoms with van der Waals surface area (Å²) in [6.45, 7) is 0.263. The van der Waals surface area contributed by atoms with Gasteiger partial charge in [-0.15, -0.1) is 0 Å². The summed E-state index contributed by atoms with van der Waals surface area (Å²) < 4.78 is 34.2. The molecule has 9 heteroatoms. The molecule has 0 bridgehead atoms. The first kappa shape index (κ1) is 18.7. The summed E-state index contributed by atoms with van der Waals surface area (Å²) >= 11 is 0. The zero-order valence-corrected chi connectivity index (χ0v) is 16.6. The van der Waals surface area contributed by atoms with Gasteiger partial charge in [0.05, 0.1) is 22.4 Å². The molecule has 8 nitrogen and oxygen atoms in total. The van der Waals surface area contributed by atoms with Gasteiger partial charge in [0.1, 0.15) is 11.5 Å². The van der Waals surface area contributed by atoms with E-state index in [9.17, 15) is 13.2 Å². The van der Waals surface area contributed by atoms with Gasteiger partial charge in [0, 0.05) is 24.5 Å². The van der Waals surface area contributed by atoms with Crippen molar-refractivity contribution in [1.82, 2.24) is 15.1 Å². The molecule has 2 unspecified atom stereocenters. The third-order valence-corrected chi connectivity index (χ3v) is 6.81. The number of rotatable bonds is 5. The third-order valence-electron chi connectivity index (χ3n) is 5.35. The Hall–Kier alpha value is -3.30. The van der Waals surface area contributed by atoms with Crippen molar-refractivity contribution < 1.29 is 17.9 Å².